The minimum absolute atomic E-state index is 0.312. The lowest BCUT2D eigenvalue weighted by Gasteiger charge is -2.54. The molecule has 2 aliphatic carbocycles. The van der Waals surface area contributed by atoms with Gasteiger partial charge in [0.2, 0.25) is 0 Å². The summed E-state index contributed by atoms with van der Waals surface area (Å²) >= 11 is 12.1. The van der Waals surface area contributed by atoms with Crippen LogP contribution in [0.3, 0.4) is 0 Å². The monoisotopic (exact) mass is 327 g/mol. The molecule has 2 nitrogen and oxygen atoms in total. The van der Waals surface area contributed by atoms with Gasteiger partial charge in [-0.25, -0.2) is 0 Å². The lowest BCUT2D eigenvalue weighted by atomic mass is 9.60. The molecule has 21 heavy (non-hydrogen) atoms. The third kappa shape index (κ3) is 2.91. The van der Waals surface area contributed by atoms with E-state index in [9.17, 15) is 0 Å². The highest BCUT2D eigenvalue weighted by Gasteiger charge is 2.57. The van der Waals surface area contributed by atoms with Crippen molar-refractivity contribution < 1.29 is 4.74 Å². The summed E-state index contributed by atoms with van der Waals surface area (Å²) in [5, 5.41) is 4.85. The third-order valence-corrected chi connectivity index (χ3v) is 5.87. The van der Waals surface area contributed by atoms with E-state index in [0.29, 0.717) is 27.6 Å². The summed E-state index contributed by atoms with van der Waals surface area (Å²) < 4.78 is 6.25. The zero-order valence-electron chi connectivity index (χ0n) is 12.5. The van der Waals surface area contributed by atoms with E-state index < -0.39 is 0 Å². The minimum atomic E-state index is 0.312. The predicted molar refractivity (Wildman–Crippen MR) is 88.5 cm³/mol. The lowest BCUT2D eigenvalue weighted by molar-refractivity contribution is -0.0759. The van der Waals surface area contributed by atoms with Crippen LogP contribution in [-0.4, -0.2) is 18.7 Å². The standard InChI is InChI=1S/C17H23Cl2NO/c1-2-9-20-15-11-16(17(15)7-3-4-8-17)21-12-5-6-13(18)14(19)10-12/h5-6,10,15-16,20H,2-4,7-9,11H2,1H3. The maximum atomic E-state index is 6.25. The zero-order chi connectivity index (χ0) is 14.9. The largest absolute Gasteiger partial charge is 0.490 e. The highest BCUT2D eigenvalue weighted by molar-refractivity contribution is 6.42. The second-order valence-electron chi connectivity index (χ2n) is 6.37. The topological polar surface area (TPSA) is 21.3 Å². The first-order chi connectivity index (χ1) is 10.2. The van der Waals surface area contributed by atoms with Crippen LogP contribution >= 0.6 is 23.2 Å². The van der Waals surface area contributed by atoms with E-state index >= 15 is 0 Å². The number of hydrogen-bond acceptors (Lipinski definition) is 2. The summed E-state index contributed by atoms with van der Waals surface area (Å²) in [6.07, 6.45) is 7.80. The van der Waals surface area contributed by atoms with Gasteiger partial charge in [-0.1, -0.05) is 43.0 Å². The Balaban J connectivity index is 1.69. The Morgan fingerprint density at radius 2 is 2.00 bits per heavy atom. The number of benzene rings is 1. The maximum absolute atomic E-state index is 6.25. The lowest BCUT2D eigenvalue weighted by Crippen LogP contribution is -2.63. The average molecular weight is 328 g/mol. The number of rotatable bonds is 5. The first-order valence-electron chi connectivity index (χ1n) is 8.01. The van der Waals surface area contributed by atoms with Gasteiger partial charge in [0, 0.05) is 23.9 Å². The van der Waals surface area contributed by atoms with E-state index in [2.05, 4.69) is 12.2 Å². The van der Waals surface area contributed by atoms with Crippen LogP contribution in [0.25, 0.3) is 0 Å². The summed E-state index contributed by atoms with van der Waals surface area (Å²) in [5.41, 5.74) is 0.335. The molecule has 4 heteroatoms. The van der Waals surface area contributed by atoms with Crippen molar-refractivity contribution in [3.05, 3.63) is 28.2 Å². The summed E-state index contributed by atoms with van der Waals surface area (Å²) in [7, 11) is 0. The van der Waals surface area contributed by atoms with Crippen LogP contribution < -0.4 is 10.1 Å². The van der Waals surface area contributed by atoms with Gasteiger partial charge in [-0.3, -0.25) is 0 Å². The summed E-state index contributed by atoms with van der Waals surface area (Å²) in [6, 6.07) is 6.18. The fraction of sp³-hybridized carbons (Fsp3) is 0.647. The molecule has 2 unspecified atom stereocenters. The van der Waals surface area contributed by atoms with Crippen molar-refractivity contribution in [3.63, 3.8) is 0 Å². The number of nitrogens with one attached hydrogen (secondary N) is 1. The second kappa shape index (κ2) is 6.36. The molecule has 1 spiro atoms. The molecule has 0 heterocycles. The van der Waals surface area contributed by atoms with Crippen molar-refractivity contribution in [2.45, 2.75) is 57.6 Å². The van der Waals surface area contributed by atoms with Crippen molar-refractivity contribution in [2.24, 2.45) is 5.41 Å². The number of ether oxygens (including phenoxy) is 1. The molecule has 2 fully saturated rings. The van der Waals surface area contributed by atoms with Gasteiger partial charge in [0.1, 0.15) is 11.9 Å². The molecular formula is C17H23Cl2NO. The van der Waals surface area contributed by atoms with Crippen LogP contribution in [-0.2, 0) is 0 Å². The van der Waals surface area contributed by atoms with Gasteiger partial charge < -0.3 is 10.1 Å². The van der Waals surface area contributed by atoms with Crippen molar-refractivity contribution >= 4 is 23.2 Å². The van der Waals surface area contributed by atoms with Crippen LogP contribution in [0.15, 0.2) is 18.2 Å². The van der Waals surface area contributed by atoms with E-state index in [1.165, 1.54) is 32.1 Å². The third-order valence-electron chi connectivity index (χ3n) is 5.13. The van der Waals surface area contributed by atoms with Gasteiger partial charge in [0.25, 0.3) is 0 Å². The molecule has 0 amide bonds. The van der Waals surface area contributed by atoms with Crippen LogP contribution in [0.5, 0.6) is 5.75 Å². The molecule has 0 saturated heterocycles. The van der Waals surface area contributed by atoms with Gasteiger partial charge in [0.05, 0.1) is 10.0 Å². The Morgan fingerprint density at radius 1 is 1.24 bits per heavy atom. The number of halogens is 2. The van der Waals surface area contributed by atoms with E-state index in [4.69, 9.17) is 27.9 Å². The second-order valence-corrected chi connectivity index (χ2v) is 7.18. The summed E-state index contributed by atoms with van der Waals surface area (Å²) in [5.74, 6) is 0.842. The Hall–Kier alpha value is -0.440. The van der Waals surface area contributed by atoms with E-state index in [1.807, 2.05) is 18.2 Å². The Bertz CT molecular complexity index is 500. The quantitative estimate of drug-likeness (QED) is 0.814. The Kier molecular flexibility index (Phi) is 4.68. The van der Waals surface area contributed by atoms with Crippen LogP contribution in [0.4, 0.5) is 0 Å². The van der Waals surface area contributed by atoms with Gasteiger partial charge >= 0.3 is 0 Å². The zero-order valence-corrected chi connectivity index (χ0v) is 14.0. The first kappa shape index (κ1) is 15.5. The SMILES string of the molecule is CCCNC1CC(Oc2ccc(Cl)c(Cl)c2)C12CCCC2. The van der Waals surface area contributed by atoms with Crippen molar-refractivity contribution in [1.29, 1.82) is 0 Å². The van der Waals surface area contributed by atoms with Crippen molar-refractivity contribution in [2.75, 3.05) is 6.54 Å². The van der Waals surface area contributed by atoms with E-state index in [-0.39, 0.29) is 0 Å². The number of hydrogen-bond donors (Lipinski definition) is 1. The van der Waals surface area contributed by atoms with Crippen LogP contribution in [0.2, 0.25) is 10.0 Å². The highest BCUT2D eigenvalue weighted by Crippen LogP contribution is 2.54. The molecule has 0 radical (unpaired) electrons. The average Bonchev–Trinajstić information content (AvgIpc) is 2.98. The molecule has 2 atom stereocenters. The molecule has 116 valence electrons. The molecule has 1 N–H and O–H groups in total. The minimum Gasteiger partial charge on any atom is -0.490 e. The summed E-state index contributed by atoms with van der Waals surface area (Å²) in [4.78, 5) is 0. The van der Waals surface area contributed by atoms with Gasteiger partial charge in [0.15, 0.2) is 0 Å². The van der Waals surface area contributed by atoms with Gasteiger partial charge in [-0.05, 0) is 37.9 Å². The molecule has 1 aromatic carbocycles. The Labute approximate surface area is 137 Å². The van der Waals surface area contributed by atoms with Crippen molar-refractivity contribution in [3.8, 4) is 5.75 Å². The summed E-state index contributed by atoms with van der Waals surface area (Å²) in [6.45, 7) is 3.32. The smallest absolute Gasteiger partial charge is 0.121 e. The maximum Gasteiger partial charge on any atom is 0.121 e. The van der Waals surface area contributed by atoms with Crippen LogP contribution in [0, 0.1) is 5.41 Å². The highest BCUT2D eigenvalue weighted by atomic mass is 35.5. The fourth-order valence-electron chi connectivity index (χ4n) is 3.94. The Morgan fingerprint density at radius 3 is 2.67 bits per heavy atom. The van der Waals surface area contributed by atoms with Gasteiger partial charge in [-0.2, -0.15) is 0 Å². The molecule has 2 saturated carbocycles. The molecule has 2 aliphatic rings. The molecule has 3 rings (SSSR count). The first-order valence-corrected chi connectivity index (χ1v) is 8.76. The molecule has 0 aliphatic heterocycles. The van der Waals surface area contributed by atoms with E-state index in [0.717, 1.165) is 18.7 Å². The van der Waals surface area contributed by atoms with Crippen molar-refractivity contribution in [1.82, 2.24) is 5.32 Å². The molecular weight excluding hydrogens is 305 g/mol. The normalized spacial score (nSPS) is 26.8. The van der Waals surface area contributed by atoms with Crippen LogP contribution in [0.1, 0.15) is 45.4 Å². The molecule has 1 aromatic rings. The fourth-order valence-corrected chi connectivity index (χ4v) is 4.22. The van der Waals surface area contributed by atoms with E-state index in [1.54, 1.807) is 0 Å². The molecule has 0 bridgehead atoms. The van der Waals surface area contributed by atoms with Gasteiger partial charge in [-0.15, -0.1) is 0 Å². The molecule has 0 aromatic heterocycles. The predicted octanol–water partition coefficient (Wildman–Crippen LogP) is 5.07.